The first-order valence-corrected chi connectivity index (χ1v) is 7.44. The van der Waals surface area contributed by atoms with Gasteiger partial charge in [-0.15, -0.1) is 11.8 Å². The molecule has 0 radical (unpaired) electrons. The average Bonchev–Trinajstić information content (AvgIpc) is 2.81. The van der Waals surface area contributed by atoms with Crippen LogP contribution in [0.2, 0.25) is 0 Å². The third-order valence-electron chi connectivity index (χ3n) is 2.74. The molecule has 20 heavy (non-hydrogen) atoms. The predicted octanol–water partition coefficient (Wildman–Crippen LogP) is 3.25. The van der Waals surface area contributed by atoms with E-state index in [0.717, 1.165) is 16.2 Å². The number of hydrogen-bond acceptors (Lipinski definition) is 6. The van der Waals surface area contributed by atoms with Gasteiger partial charge in [0.05, 0.1) is 17.2 Å². The van der Waals surface area contributed by atoms with E-state index in [1.807, 2.05) is 19.2 Å². The zero-order valence-electron chi connectivity index (χ0n) is 11.9. The first-order chi connectivity index (χ1) is 9.56. The monoisotopic (exact) mass is 292 g/mol. The van der Waals surface area contributed by atoms with E-state index in [2.05, 4.69) is 9.97 Å². The van der Waals surface area contributed by atoms with Crippen molar-refractivity contribution in [3.05, 3.63) is 29.3 Å². The van der Waals surface area contributed by atoms with Crippen LogP contribution < -0.4 is 0 Å². The molecule has 2 aromatic rings. The van der Waals surface area contributed by atoms with Crippen LogP contribution >= 0.6 is 11.8 Å². The molecule has 0 saturated carbocycles. The summed E-state index contributed by atoms with van der Waals surface area (Å²) in [6, 6.07) is 1.94. The zero-order chi connectivity index (χ0) is 14.7. The molecular weight excluding hydrogens is 276 g/mol. The average molecular weight is 292 g/mol. The third-order valence-corrected chi connectivity index (χ3v) is 3.55. The summed E-state index contributed by atoms with van der Waals surface area (Å²) in [5, 5.41) is 0.961. The molecule has 0 aliphatic heterocycles. The van der Waals surface area contributed by atoms with E-state index in [9.17, 15) is 4.79 Å². The lowest BCUT2D eigenvalue weighted by atomic mass is 10.2. The lowest BCUT2D eigenvalue weighted by molar-refractivity contribution is 0.0518. The Kier molecular flexibility index (Phi) is 4.44. The molecule has 0 spiro atoms. The Bertz CT molecular complexity index is 637. The number of oxazole rings is 1. The summed E-state index contributed by atoms with van der Waals surface area (Å²) in [7, 11) is 0. The number of nitrogens with zero attached hydrogens (tertiary/aromatic N) is 2. The molecule has 0 bridgehead atoms. The quantitative estimate of drug-likeness (QED) is 0.636. The number of aromatic nitrogens is 2. The molecule has 2 heterocycles. The molecule has 0 fully saturated rings. The molecule has 0 amide bonds. The lowest BCUT2D eigenvalue weighted by Crippen LogP contribution is -2.06. The van der Waals surface area contributed by atoms with Gasteiger partial charge < -0.3 is 9.15 Å². The number of esters is 1. The Labute approximate surface area is 121 Å². The summed E-state index contributed by atoms with van der Waals surface area (Å²) < 4.78 is 10.5. The van der Waals surface area contributed by atoms with Crippen LogP contribution in [-0.4, -0.2) is 28.8 Å². The van der Waals surface area contributed by atoms with Gasteiger partial charge in [-0.3, -0.25) is 0 Å². The second-order valence-electron chi connectivity index (χ2n) is 4.19. The Hall–Kier alpha value is -1.82. The molecule has 0 aliphatic carbocycles. The van der Waals surface area contributed by atoms with Crippen molar-refractivity contribution in [3.63, 3.8) is 0 Å². The minimum atomic E-state index is -0.467. The van der Waals surface area contributed by atoms with Crippen molar-refractivity contribution in [1.29, 1.82) is 0 Å². The minimum Gasteiger partial charge on any atom is -0.461 e. The molecule has 2 aromatic heterocycles. The van der Waals surface area contributed by atoms with Gasteiger partial charge in [-0.25, -0.2) is 14.8 Å². The molecule has 0 aromatic carbocycles. The fraction of sp³-hybridized carbons (Fsp3) is 0.357. The molecule has 2 rings (SSSR count). The van der Waals surface area contributed by atoms with Crippen molar-refractivity contribution in [2.24, 2.45) is 0 Å². The maximum atomic E-state index is 11.7. The molecular formula is C14H16N2O3S. The number of ether oxygens (including phenoxy) is 1. The van der Waals surface area contributed by atoms with E-state index in [0.29, 0.717) is 18.3 Å². The van der Waals surface area contributed by atoms with Crippen molar-refractivity contribution in [1.82, 2.24) is 9.97 Å². The van der Waals surface area contributed by atoms with E-state index in [1.165, 1.54) is 0 Å². The highest BCUT2D eigenvalue weighted by Gasteiger charge is 2.19. The summed E-state index contributed by atoms with van der Waals surface area (Å²) in [4.78, 5) is 20.3. The van der Waals surface area contributed by atoms with E-state index in [-0.39, 0.29) is 5.69 Å². The normalized spacial score (nSPS) is 10.6. The van der Waals surface area contributed by atoms with Crippen LogP contribution in [0.1, 0.15) is 28.7 Å². The van der Waals surface area contributed by atoms with E-state index < -0.39 is 5.97 Å². The van der Waals surface area contributed by atoms with Crippen molar-refractivity contribution in [2.45, 2.75) is 25.8 Å². The highest BCUT2D eigenvalue weighted by Crippen LogP contribution is 2.25. The Morgan fingerprint density at radius 3 is 2.80 bits per heavy atom. The van der Waals surface area contributed by atoms with Crippen molar-refractivity contribution in [3.8, 4) is 11.5 Å². The number of pyridine rings is 1. The second-order valence-corrected chi connectivity index (χ2v) is 4.99. The lowest BCUT2D eigenvalue weighted by Gasteiger charge is -2.02. The Morgan fingerprint density at radius 2 is 2.20 bits per heavy atom. The van der Waals surface area contributed by atoms with Gasteiger partial charge in [0.2, 0.25) is 5.89 Å². The number of carbonyl (C=O) groups is 1. The van der Waals surface area contributed by atoms with E-state index in [1.54, 1.807) is 31.8 Å². The topological polar surface area (TPSA) is 65.2 Å². The fourth-order valence-corrected chi connectivity index (χ4v) is 2.34. The highest BCUT2D eigenvalue weighted by molar-refractivity contribution is 7.98. The first kappa shape index (κ1) is 14.6. The Balaban J connectivity index is 2.37. The van der Waals surface area contributed by atoms with Gasteiger partial charge in [0.1, 0.15) is 5.76 Å². The molecule has 0 atom stereocenters. The number of hydrogen-bond donors (Lipinski definition) is 0. The van der Waals surface area contributed by atoms with Crippen LogP contribution in [0.25, 0.3) is 11.5 Å². The predicted molar refractivity (Wildman–Crippen MR) is 76.9 cm³/mol. The van der Waals surface area contributed by atoms with Gasteiger partial charge in [0.25, 0.3) is 0 Å². The number of thioether (sulfide) groups is 1. The number of rotatable bonds is 4. The number of carbonyl (C=O) groups excluding carboxylic acids is 1. The van der Waals surface area contributed by atoms with Gasteiger partial charge in [-0.1, -0.05) is 0 Å². The largest absolute Gasteiger partial charge is 0.461 e. The maximum Gasteiger partial charge on any atom is 0.360 e. The number of aryl methyl sites for hydroxylation is 2. The van der Waals surface area contributed by atoms with E-state index in [4.69, 9.17) is 9.15 Å². The highest BCUT2D eigenvalue weighted by atomic mass is 32.2. The minimum absolute atomic E-state index is 0.216. The van der Waals surface area contributed by atoms with Gasteiger partial charge in [0.15, 0.2) is 5.69 Å². The molecule has 0 saturated heterocycles. The SMILES string of the molecule is CCOC(=O)c1nc(-c2cnc(SC)c(C)c2)oc1C. The van der Waals surface area contributed by atoms with E-state index >= 15 is 0 Å². The van der Waals surface area contributed by atoms with Gasteiger partial charge >= 0.3 is 5.97 Å². The zero-order valence-corrected chi connectivity index (χ0v) is 12.7. The summed E-state index contributed by atoms with van der Waals surface area (Å²) in [5.41, 5.74) is 2.01. The van der Waals surface area contributed by atoms with Crippen LogP contribution in [0.15, 0.2) is 21.7 Å². The summed E-state index contributed by atoms with van der Waals surface area (Å²) in [6.07, 6.45) is 3.67. The maximum absolute atomic E-state index is 11.7. The molecule has 0 aliphatic rings. The molecule has 106 valence electrons. The van der Waals surface area contributed by atoms with Crippen LogP contribution in [0.5, 0.6) is 0 Å². The smallest absolute Gasteiger partial charge is 0.360 e. The Morgan fingerprint density at radius 1 is 1.45 bits per heavy atom. The van der Waals surface area contributed by atoms with Crippen molar-refractivity contribution in [2.75, 3.05) is 12.9 Å². The van der Waals surface area contributed by atoms with Crippen LogP contribution in [0, 0.1) is 13.8 Å². The van der Waals surface area contributed by atoms with Gasteiger partial charge in [0, 0.05) is 6.20 Å². The summed E-state index contributed by atoms with van der Waals surface area (Å²) in [6.45, 7) is 5.73. The van der Waals surface area contributed by atoms with Crippen LogP contribution in [0.3, 0.4) is 0 Å². The molecule has 0 unspecified atom stereocenters. The van der Waals surface area contributed by atoms with Gasteiger partial charge in [-0.05, 0) is 38.7 Å². The molecule has 5 nitrogen and oxygen atoms in total. The van der Waals surface area contributed by atoms with Crippen molar-refractivity contribution >= 4 is 17.7 Å². The van der Waals surface area contributed by atoms with Crippen LogP contribution in [-0.2, 0) is 4.74 Å². The first-order valence-electron chi connectivity index (χ1n) is 6.22. The summed E-state index contributed by atoms with van der Waals surface area (Å²) >= 11 is 1.58. The summed E-state index contributed by atoms with van der Waals surface area (Å²) in [5.74, 6) is 0.365. The fourth-order valence-electron chi connectivity index (χ4n) is 1.80. The molecule has 0 N–H and O–H groups in total. The second kappa shape index (κ2) is 6.09. The third kappa shape index (κ3) is 2.85. The van der Waals surface area contributed by atoms with Crippen molar-refractivity contribution < 1.29 is 13.9 Å². The van der Waals surface area contributed by atoms with Gasteiger partial charge in [-0.2, -0.15) is 0 Å². The molecule has 6 heteroatoms. The standard InChI is InChI=1S/C14H16N2O3S/c1-5-18-14(17)11-9(3)19-12(16-11)10-6-8(2)13(20-4)15-7-10/h6-7H,5H2,1-4H3. The van der Waals surface area contributed by atoms with Crippen LogP contribution in [0.4, 0.5) is 0 Å².